The molecular formula is C21H23F3N4O4S. The van der Waals surface area contributed by atoms with E-state index in [4.69, 9.17) is 4.42 Å². The highest BCUT2D eigenvalue weighted by molar-refractivity contribution is 7.89. The normalized spacial score (nSPS) is 15.9. The first kappa shape index (κ1) is 23.3. The van der Waals surface area contributed by atoms with Crippen LogP contribution in [0.15, 0.2) is 56.6 Å². The van der Waals surface area contributed by atoms with E-state index in [2.05, 4.69) is 19.5 Å². The maximum atomic E-state index is 12.6. The maximum absolute atomic E-state index is 12.6. The number of aromatic amines is 1. The zero-order valence-electron chi connectivity index (χ0n) is 17.6. The number of halogens is 3. The Morgan fingerprint density at radius 1 is 1.03 bits per heavy atom. The van der Waals surface area contributed by atoms with Gasteiger partial charge in [-0.25, -0.2) is 17.9 Å². The number of alkyl halides is 3. The summed E-state index contributed by atoms with van der Waals surface area (Å²) < 4.78 is 70.1. The van der Waals surface area contributed by atoms with Crippen LogP contribution in [0.5, 0.6) is 0 Å². The number of anilines is 1. The van der Waals surface area contributed by atoms with Crippen molar-refractivity contribution in [3.8, 4) is 0 Å². The first-order valence-corrected chi connectivity index (χ1v) is 11.9. The molecule has 0 aliphatic carbocycles. The summed E-state index contributed by atoms with van der Waals surface area (Å²) in [5, 5.41) is 0. The molecule has 1 saturated heterocycles. The van der Waals surface area contributed by atoms with Crippen molar-refractivity contribution in [1.29, 1.82) is 0 Å². The van der Waals surface area contributed by atoms with Crippen LogP contribution in [-0.4, -0.2) is 57.6 Å². The molecular weight excluding hydrogens is 461 g/mol. The molecule has 4 rings (SSSR count). The molecule has 1 fully saturated rings. The van der Waals surface area contributed by atoms with Crippen molar-refractivity contribution in [2.75, 3.05) is 44.2 Å². The average molecular weight is 485 g/mol. The Morgan fingerprint density at radius 2 is 1.73 bits per heavy atom. The number of oxazole rings is 1. The molecule has 12 heteroatoms. The van der Waals surface area contributed by atoms with Gasteiger partial charge in [-0.3, -0.25) is 9.88 Å². The number of piperazine rings is 1. The first-order chi connectivity index (χ1) is 15.6. The quantitative estimate of drug-likeness (QED) is 0.501. The van der Waals surface area contributed by atoms with Gasteiger partial charge in [0.1, 0.15) is 5.52 Å². The Kier molecular flexibility index (Phi) is 6.50. The summed E-state index contributed by atoms with van der Waals surface area (Å²) in [5.74, 6) is -0.491. The number of nitrogens with zero attached hydrogens (tertiary/aromatic N) is 2. The van der Waals surface area contributed by atoms with Gasteiger partial charge in [-0.05, 0) is 49.4 Å². The molecule has 8 nitrogen and oxygen atoms in total. The van der Waals surface area contributed by atoms with Gasteiger partial charge in [0, 0.05) is 32.7 Å². The van der Waals surface area contributed by atoms with Crippen LogP contribution in [0.3, 0.4) is 0 Å². The molecule has 3 aromatic rings. The Bertz CT molecular complexity index is 1260. The van der Waals surface area contributed by atoms with Gasteiger partial charge in [-0.2, -0.15) is 13.2 Å². The number of H-pyrrole nitrogens is 1. The average Bonchev–Trinajstić information content (AvgIpc) is 3.17. The van der Waals surface area contributed by atoms with E-state index in [9.17, 15) is 26.4 Å². The predicted octanol–water partition coefficient (Wildman–Crippen LogP) is 2.63. The summed E-state index contributed by atoms with van der Waals surface area (Å²) >= 11 is 0. The molecule has 178 valence electrons. The molecule has 0 unspecified atom stereocenters. The lowest BCUT2D eigenvalue weighted by Gasteiger charge is -2.36. The lowest BCUT2D eigenvalue weighted by molar-refractivity contribution is -0.137. The Morgan fingerprint density at radius 3 is 2.39 bits per heavy atom. The highest BCUT2D eigenvalue weighted by Gasteiger charge is 2.30. The third-order valence-corrected chi connectivity index (χ3v) is 7.06. The zero-order valence-corrected chi connectivity index (χ0v) is 18.4. The smallest absolute Gasteiger partial charge is 0.408 e. The van der Waals surface area contributed by atoms with E-state index in [0.29, 0.717) is 24.1 Å². The van der Waals surface area contributed by atoms with Crippen molar-refractivity contribution >= 4 is 26.8 Å². The number of fused-ring (bicyclic) bond motifs is 1. The number of para-hydroxylation sites is 1. The fourth-order valence-corrected chi connectivity index (χ4v) is 4.92. The van der Waals surface area contributed by atoms with Crippen molar-refractivity contribution in [3.63, 3.8) is 0 Å². The van der Waals surface area contributed by atoms with E-state index in [1.807, 2.05) is 12.1 Å². The third-order valence-electron chi connectivity index (χ3n) is 5.58. The van der Waals surface area contributed by atoms with Gasteiger partial charge in [-0.1, -0.05) is 6.07 Å². The summed E-state index contributed by atoms with van der Waals surface area (Å²) in [6.45, 7) is 3.87. The first-order valence-electron chi connectivity index (χ1n) is 10.4. The van der Waals surface area contributed by atoms with Crippen molar-refractivity contribution in [1.82, 2.24) is 14.6 Å². The molecule has 0 amide bonds. The fourth-order valence-electron chi connectivity index (χ4n) is 3.85. The molecule has 0 spiro atoms. The number of hydrogen-bond acceptors (Lipinski definition) is 6. The lowest BCUT2D eigenvalue weighted by atomic mass is 10.2. The number of rotatable bonds is 7. The second kappa shape index (κ2) is 9.20. The Balaban J connectivity index is 1.24. The van der Waals surface area contributed by atoms with E-state index in [1.165, 1.54) is 0 Å². The molecule has 1 aliphatic rings. The van der Waals surface area contributed by atoms with E-state index in [-0.39, 0.29) is 11.4 Å². The van der Waals surface area contributed by atoms with Crippen molar-refractivity contribution in [2.24, 2.45) is 0 Å². The maximum Gasteiger partial charge on any atom is 0.417 e. The summed E-state index contributed by atoms with van der Waals surface area (Å²) in [4.78, 5) is 18.4. The van der Waals surface area contributed by atoms with Crippen LogP contribution in [0.25, 0.3) is 11.1 Å². The Labute approximate surface area is 188 Å². The van der Waals surface area contributed by atoms with Crippen molar-refractivity contribution < 1.29 is 26.0 Å². The van der Waals surface area contributed by atoms with Gasteiger partial charge < -0.3 is 9.32 Å². The minimum atomic E-state index is -4.51. The van der Waals surface area contributed by atoms with Crippen molar-refractivity contribution in [3.05, 3.63) is 58.6 Å². The summed E-state index contributed by atoms with van der Waals surface area (Å²) in [5.41, 5.74) is 1.20. The molecule has 0 saturated carbocycles. The second-order valence-corrected chi connectivity index (χ2v) is 9.53. The molecule has 0 radical (unpaired) electrons. The zero-order chi connectivity index (χ0) is 23.6. The molecule has 2 N–H and O–H groups in total. The molecule has 1 aliphatic heterocycles. The molecule has 2 heterocycles. The van der Waals surface area contributed by atoms with Gasteiger partial charge >= 0.3 is 11.9 Å². The molecule has 0 atom stereocenters. The molecule has 2 aromatic carbocycles. The summed E-state index contributed by atoms with van der Waals surface area (Å²) in [6, 6.07) is 8.93. The van der Waals surface area contributed by atoms with E-state index < -0.39 is 27.5 Å². The fraction of sp³-hybridized carbons (Fsp3) is 0.381. The van der Waals surface area contributed by atoms with Gasteiger partial charge in [0.05, 0.1) is 16.1 Å². The molecule has 1 aromatic heterocycles. The van der Waals surface area contributed by atoms with Crippen LogP contribution in [0, 0.1) is 0 Å². The number of sulfonamides is 1. The van der Waals surface area contributed by atoms with E-state index in [0.717, 1.165) is 56.1 Å². The summed E-state index contributed by atoms with van der Waals surface area (Å²) in [7, 11) is -3.87. The van der Waals surface area contributed by atoms with Crippen LogP contribution in [0.2, 0.25) is 0 Å². The second-order valence-electron chi connectivity index (χ2n) is 7.77. The van der Waals surface area contributed by atoms with E-state index in [1.54, 1.807) is 6.07 Å². The highest BCUT2D eigenvalue weighted by Crippen LogP contribution is 2.29. The van der Waals surface area contributed by atoms with Gasteiger partial charge in [0.2, 0.25) is 10.0 Å². The minimum absolute atomic E-state index is 0.180. The van der Waals surface area contributed by atoms with Crippen LogP contribution < -0.4 is 15.4 Å². The SMILES string of the molecule is O=c1[nH]c2c(N3CCN(CCCNS(=O)(=O)c4ccc(C(F)(F)F)cc4)CC3)cccc2o1. The van der Waals surface area contributed by atoms with Crippen LogP contribution >= 0.6 is 0 Å². The molecule has 33 heavy (non-hydrogen) atoms. The highest BCUT2D eigenvalue weighted by atomic mass is 32.2. The van der Waals surface area contributed by atoms with Gasteiger partial charge in [0.25, 0.3) is 0 Å². The standard InChI is InChI=1S/C21H23F3N4O4S/c22-21(23,24)15-5-7-16(8-6-15)33(30,31)25-9-2-10-27-11-13-28(14-12-27)17-3-1-4-18-19(17)26-20(29)32-18/h1,3-8,25H,2,9-14H2,(H,26,29). The van der Waals surface area contributed by atoms with E-state index >= 15 is 0 Å². The lowest BCUT2D eigenvalue weighted by Crippen LogP contribution is -2.47. The van der Waals surface area contributed by atoms with Gasteiger partial charge in [-0.15, -0.1) is 0 Å². The van der Waals surface area contributed by atoms with Crippen LogP contribution in [0.1, 0.15) is 12.0 Å². The van der Waals surface area contributed by atoms with Crippen LogP contribution in [-0.2, 0) is 16.2 Å². The van der Waals surface area contributed by atoms with Crippen LogP contribution in [0.4, 0.5) is 18.9 Å². The topological polar surface area (TPSA) is 98.6 Å². The number of benzene rings is 2. The predicted molar refractivity (Wildman–Crippen MR) is 117 cm³/mol. The monoisotopic (exact) mass is 484 g/mol. The number of nitrogens with one attached hydrogen (secondary N) is 2. The summed E-state index contributed by atoms with van der Waals surface area (Å²) in [6.07, 6.45) is -3.95. The Hall–Kier alpha value is -2.83. The number of aromatic nitrogens is 1. The third kappa shape index (κ3) is 5.40. The van der Waals surface area contributed by atoms with Gasteiger partial charge in [0.15, 0.2) is 5.58 Å². The largest absolute Gasteiger partial charge is 0.417 e. The van der Waals surface area contributed by atoms with Crippen molar-refractivity contribution in [2.45, 2.75) is 17.5 Å². The minimum Gasteiger partial charge on any atom is -0.408 e. The molecule has 0 bridgehead atoms. The number of hydrogen-bond donors (Lipinski definition) is 2.